The third-order valence-electron chi connectivity index (χ3n) is 5.23. The van der Waals surface area contributed by atoms with Crippen LogP contribution in [0, 0.1) is 5.41 Å². The Hall–Kier alpha value is -1.07. The molecule has 2 aliphatic heterocycles. The first kappa shape index (κ1) is 21.2. The summed E-state index contributed by atoms with van der Waals surface area (Å²) in [5.74, 6) is -0.422. The third kappa shape index (κ3) is 4.09. The van der Waals surface area contributed by atoms with Crippen LogP contribution >= 0.6 is 0 Å². The van der Waals surface area contributed by atoms with E-state index in [2.05, 4.69) is 11.9 Å². The predicted octanol–water partition coefficient (Wildman–Crippen LogP) is -1.10. The molecule has 2 fully saturated rings. The van der Waals surface area contributed by atoms with Crippen LogP contribution in [0.1, 0.15) is 20.8 Å². The van der Waals surface area contributed by atoms with Crippen LogP contribution < -0.4 is 5.32 Å². The maximum Gasteiger partial charge on any atom is 0.243 e. The lowest BCUT2D eigenvalue weighted by Crippen LogP contribution is -2.62. The number of methoxy groups -OCH3 is 1. The molecular formula is C17H29NO8. The van der Waals surface area contributed by atoms with Gasteiger partial charge in [-0.2, -0.15) is 0 Å². The van der Waals surface area contributed by atoms with Crippen LogP contribution in [-0.2, 0) is 23.7 Å². The molecule has 9 nitrogen and oxygen atoms in total. The van der Waals surface area contributed by atoms with E-state index in [9.17, 15) is 20.1 Å². The molecule has 9 heteroatoms. The van der Waals surface area contributed by atoms with Gasteiger partial charge < -0.3 is 39.6 Å². The first-order chi connectivity index (χ1) is 12.1. The van der Waals surface area contributed by atoms with E-state index in [0.717, 1.165) is 6.08 Å². The predicted molar refractivity (Wildman–Crippen MR) is 89.9 cm³/mol. The van der Waals surface area contributed by atoms with Crippen LogP contribution in [0.5, 0.6) is 0 Å². The molecule has 0 aromatic carbocycles. The third-order valence-corrected chi connectivity index (χ3v) is 5.23. The number of aliphatic hydroxyl groups excluding tert-OH is 3. The van der Waals surface area contributed by atoms with Crippen molar-refractivity contribution in [3.8, 4) is 0 Å². The van der Waals surface area contributed by atoms with Crippen LogP contribution in [0.3, 0.4) is 0 Å². The minimum Gasteiger partial charge on any atom is -0.387 e. The number of ether oxygens (including phenoxy) is 4. The summed E-state index contributed by atoms with van der Waals surface area (Å²) in [4.78, 5) is 11.4. The maximum atomic E-state index is 11.4. The summed E-state index contributed by atoms with van der Waals surface area (Å²) < 4.78 is 22.1. The van der Waals surface area contributed by atoms with E-state index in [0.29, 0.717) is 0 Å². The number of aliphatic hydroxyl groups is 3. The minimum absolute atomic E-state index is 0.0130. The SMILES string of the molecule is C=CC(=O)NCC1OC(OC)C(O)C(O)C1OC1OC(C)C(C)(C)C1O. The number of carbonyl (C=O) groups is 1. The van der Waals surface area contributed by atoms with Gasteiger partial charge in [-0.15, -0.1) is 0 Å². The summed E-state index contributed by atoms with van der Waals surface area (Å²) >= 11 is 0. The smallest absolute Gasteiger partial charge is 0.243 e. The van der Waals surface area contributed by atoms with Crippen LogP contribution in [0.25, 0.3) is 0 Å². The highest BCUT2D eigenvalue weighted by molar-refractivity contribution is 5.86. The van der Waals surface area contributed by atoms with Crippen LogP contribution in [-0.4, -0.2) is 84.1 Å². The molecule has 0 bridgehead atoms. The van der Waals surface area contributed by atoms with Gasteiger partial charge in [-0.05, 0) is 13.0 Å². The molecule has 0 radical (unpaired) electrons. The Bertz CT molecular complexity index is 513. The summed E-state index contributed by atoms with van der Waals surface area (Å²) in [5, 5.41) is 33.7. The number of amides is 1. The van der Waals surface area contributed by atoms with Gasteiger partial charge in [-0.25, -0.2) is 0 Å². The number of rotatable bonds is 6. The van der Waals surface area contributed by atoms with Crippen LogP contribution in [0.15, 0.2) is 12.7 Å². The monoisotopic (exact) mass is 375 g/mol. The molecule has 2 saturated heterocycles. The second kappa shape index (κ2) is 8.30. The van der Waals surface area contributed by atoms with Crippen molar-refractivity contribution in [2.45, 2.75) is 70.0 Å². The van der Waals surface area contributed by atoms with Gasteiger partial charge in [0.1, 0.15) is 30.5 Å². The van der Waals surface area contributed by atoms with E-state index in [1.165, 1.54) is 7.11 Å². The zero-order valence-electron chi connectivity index (χ0n) is 15.5. The summed E-state index contributed by atoms with van der Waals surface area (Å²) in [6, 6.07) is 0. The van der Waals surface area contributed by atoms with Gasteiger partial charge in [0.15, 0.2) is 12.6 Å². The molecule has 4 N–H and O–H groups in total. The summed E-state index contributed by atoms with van der Waals surface area (Å²) in [6.07, 6.45) is -6.82. The van der Waals surface area contributed by atoms with Gasteiger partial charge in [0.2, 0.25) is 5.91 Å². The molecule has 150 valence electrons. The van der Waals surface area contributed by atoms with Gasteiger partial charge in [-0.3, -0.25) is 4.79 Å². The summed E-state index contributed by atoms with van der Waals surface area (Å²) in [7, 11) is 1.33. The highest BCUT2D eigenvalue weighted by atomic mass is 16.7. The lowest BCUT2D eigenvalue weighted by Gasteiger charge is -2.43. The number of hydrogen-bond donors (Lipinski definition) is 4. The normalized spacial score (nSPS) is 42.4. The lowest BCUT2D eigenvalue weighted by atomic mass is 9.84. The van der Waals surface area contributed by atoms with Gasteiger partial charge in [0, 0.05) is 19.1 Å². The molecule has 1 amide bonds. The molecule has 26 heavy (non-hydrogen) atoms. The molecule has 0 aliphatic carbocycles. The van der Waals surface area contributed by atoms with Crippen molar-refractivity contribution in [3.05, 3.63) is 12.7 Å². The Morgan fingerprint density at radius 1 is 1.23 bits per heavy atom. The molecule has 0 aromatic rings. The average molecular weight is 375 g/mol. The van der Waals surface area contributed by atoms with Crippen molar-refractivity contribution in [1.29, 1.82) is 0 Å². The fraction of sp³-hybridized carbons (Fsp3) is 0.824. The first-order valence-electron chi connectivity index (χ1n) is 8.57. The highest BCUT2D eigenvalue weighted by Crippen LogP contribution is 2.39. The highest BCUT2D eigenvalue weighted by Gasteiger charge is 2.52. The van der Waals surface area contributed by atoms with Crippen LogP contribution in [0.2, 0.25) is 0 Å². The van der Waals surface area contributed by atoms with E-state index in [1.807, 2.05) is 20.8 Å². The summed E-state index contributed by atoms with van der Waals surface area (Å²) in [5.41, 5.74) is -0.550. The minimum atomic E-state index is -1.37. The molecule has 0 spiro atoms. The standard InChI is InChI=1S/C17H29NO8/c1-6-10(19)18-7-9-13(11(20)12(21)15(23-5)25-9)26-16-14(22)17(3,4)8(2)24-16/h6,8-9,11-16,20-22H,1,7H2,2-5H3,(H,18,19). The molecule has 8 unspecified atom stereocenters. The van der Waals surface area contributed by atoms with Crippen molar-refractivity contribution < 1.29 is 39.1 Å². The lowest BCUT2D eigenvalue weighted by molar-refractivity contribution is -0.320. The van der Waals surface area contributed by atoms with Crippen molar-refractivity contribution in [2.75, 3.05) is 13.7 Å². The van der Waals surface area contributed by atoms with Crippen molar-refractivity contribution in [3.63, 3.8) is 0 Å². The zero-order chi connectivity index (χ0) is 19.6. The molecule has 0 aromatic heterocycles. The van der Waals surface area contributed by atoms with Gasteiger partial charge in [0.25, 0.3) is 0 Å². The van der Waals surface area contributed by atoms with Gasteiger partial charge >= 0.3 is 0 Å². The van der Waals surface area contributed by atoms with E-state index >= 15 is 0 Å². The second-order valence-electron chi connectivity index (χ2n) is 7.22. The number of carbonyl (C=O) groups excluding carboxylic acids is 1. The zero-order valence-corrected chi connectivity index (χ0v) is 15.5. The van der Waals surface area contributed by atoms with E-state index in [4.69, 9.17) is 18.9 Å². The Balaban J connectivity index is 2.15. The molecule has 0 saturated carbocycles. The van der Waals surface area contributed by atoms with Crippen LogP contribution in [0.4, 0.5) is 0 Å². The molecule has 2 aliphatic rings. The van der Waals surface area contributed by atoms with E-state index in [1.54, 1.807) is 0 Å². The van der Waals surface area contributed by atoms with E-state index < -0.39 is 54.4 Å². The largest absolute Gasteiger partial charge is 0.387 e. The Labute approximate surface area is 152 Å². The van der Waals surface area contributed by atoms with Gasteiger partial charge in [0.05, 0.1) is 6.10 Å². The van der Waals surface area contributed by atoms with Crippen molar-refractivity contribution in [1.82, 2.24) is 5.32 Å². The number of nitrogens with one attached hydrogen (secondary N) is 1. The Morgan fingerprint density at radius 2 is 1.88 bits per heavy atom. The fourth-order valence-corrected chi connectivity index (χ4v) is 3.01. The fourth-order valence-electron chi connectivity index (χ4n) is 3.01. The quantitative estimate of drug-likeness (QED) is 0.431. The number of hydrogen-bond acceptors (Lipinski definition) is 8. The average Bonchev–Trinajstić information content (AvgIpc) is 2.80. The maximum absolute atomic E-state index is 11.4. The molecule has 2 rings (SSSR count). The first-order valence-corrected chi connectivity index (χ1v) is 8.57. The second-order valence-corrected chi connectivity index (χ2v) is 7.22. The topological polar surface area (TPSA) is 127 Å². The summed E-state index contributed by atoms with van der Waals surface area (Å²) in [6.45, 7) is 8.86. The molecule has 8 atom stereocenters. The Morgan fingerprint density at radius 3 is 2.38 bits per heavy atom. The van der Waals surface area contributed by atoms with Gasteiger partial charge in [-0.1, -0.05) is 20.4 Å². The van der Waals surface area contributed by atoms with E-state index in [-0.39, 0.29) is 12.6 Å². The molecular weight excluding hydrogens is 346 g/mol. The Kier molecular flexibility index (Phi) is 6.78. The molecule has 2 heterocycles. The van der Waals surface area contributed by atoms with Crippen molar-refractivity contribution in [2.24, 2.45) is 5.41 Å². The van der Waals surface area contributed by atoms with Crippen molar-refractivity contribution >= 4 is 5.91 Å².